The van der Waals surface area contributed by atoms with Gasteiger partial charge in [0.2, 0.25) is 5.91 Å². The summed E-state index contributed by atoms with van der Waals surface area (Å²) < 4.78 is 0. The van der Waals surface area contributed by atoms with Crippen LogP contribution in [0.2, 0.25) is 0 Å². The first-order valence-corrected chi connectivity index (χ1v) is 7.41. The van der Waals surface area contributed by atoms with Crippen molar-refractivity contribution in [1.29, 1.82) is 0 Å². The van der Waals surface area contributed by atoms with E-state index in [0.29, 0.717) is 0 Å². The lowest BCUT2D eigenvalue weighted by Gasteiger charge is -2.22. The van der Waals surface area contributed by atoms with Gasteiger partial charge in [-0.25, -0.2) is 0 Å². The highest BCUT2D eigenvalue weighted by atomic mass is 16.1. The standard InChI is InChI=1S/C16H23N3O/c20-16(6-5-15-4-1-9-18-13-15)19-10-2-3-14-7-11-17-12-8-14/h1,4-6,9,13-14,17H,2-3,7-8,10-12H2,(H,19,20)/b6-5+. The third-order valence-electron chi connectivity index (χ3n) is 3.66. The van der Waals surface area contributed by atoms with E-state index in [2.05, 4.69) is 15.6 Å². The Labute approximate surface area is 120 Å². The van der Waals surface area contributed by atoms with Crippen molar-refractivity contribution in [3.63, 3.8) is 0 Å². The summed E-state index contributed by atoms with van der Waals surface area (Å²) in [4.78, 5) is 15.6. The van der Waals surface area contributed by atoms with Crippen molar-refractivity contribution in [3.8, 4) is 0 Å². The smallest absolute Gasteiger partial charge is 0.243 e. The highest BCUT2D eigenvalue weighted by Crippen LogP contribution is 2.16. The van der Waals surface area contributed by atoms with Crippen LogP contribution in [0.25, 0.3) is 6.08 Å². The van der Waals surface area contributed by atoms with Crippen LogP contribution in [0.1, 0.15) is 31.2 Å². The van der Waals surface area contributed by atoms with E-state index in [1.54, 1.807) is 24.5 Å². The van der Waals surface area contributed by atoms with Gasteiger partial charge >= 0.3 is 0 Å². The Kier molecular flexibility index (Phi) is 6.24. The molecule has 1 aromatic rings. The topological polar surface area (TPSA) is 54.0 Å². The number of amides is 1. The Balaban J connectivity index is 1.59. The summed E-state index contributed by atoms with van der Waals surface area (Å²) in [7, 11) is 0. The molecule has 0 saturated carbocycles. The molecule has 0 bridgehead atoms. The van der Waals surface area contributed by atoms with Gasteiger partial charge in [0.05, 0.1) is 0 Å². The number of hydrogen-bond acceptors (Lipinski definition) is 3. The Morgan fingerprint density at radius 3 is 3.05 bits per heavy atom. The summed E-state index contributed by atoms with van der Waals surface area (Å²) in [6.07, 6.45) is 11.6. The van der Waals surface area contributed by atoms with Gasteiger partial charge in [-0.2, -0.15) is 0 Å². The minimum atomic E-state index is -0.0286. The molecule has 2 heterocycles. The van der Waals surface area contributed by atoms with Crippen LogP contribution < -0.4 is 10.6 Å². The third-order valence-corrected chi connectivity index (χ3v) is 3.66. The number of pyridine rings is 1. The molecule has 2 rings (SSSR count). The van der Waals surface area contributed by atoms with Crippen LogP contribution in [0, 0.1) is 5.92 Å². The van der Waals surface area contributed by atoms with Gasteiger partial charge in [-0.3, -0.25) is 9.78 Å². The molecule has 1 saturated heterocycles. The summed E-state index contributed by atoms with van der Waals surface area (Å²) in [5.41, 5.74) is 0.942. The zero-order valence-electron chi connectivity index (χ0n) is 11.8. The molecule has 4 nitrogen and oxygen atoms in total. The van der Waals surface area contributed by atoms with Crippen LogP contribution in [0.3, 0.4) is 0 Å². The maximum absolute atomic E-state index is 11.6. The first kappa shape index (κ1) is 14.7. The predicted molar refractivity (Wildman–Crippen MR) is 81.1 cm³/mol. The van der Waals surface area contributed by atoms with Gasteiger partial charge in [0.1, 0.15) is 0 Å². The number of rotatable bonds is 6. The number of hydrogen-bond donors (Lipinski definition) is 2. The van der Waals surface area contributed by atoms with Gasteiger partial charge in [-0.1, -0.05) is 6.07 Å². The highest BCUT2D eigenvalue weighted by molar-refractivity contribution is 5.91. The van der Waals surface area contributed by atoms with Crippen molar-refractivity contribution >= 4 is 12.0 Å². The molecular weight excluding hydrogens is 250 g/mol. The van der Waals surface area contributed by atoms with E-state index < -0.39 is 0 Å². The number of aromatic nitrogens is 1. The van der Waals surface area contributed by atoms with Crippen molar-refractivity contribution < 1.29 is 4.79 Å². The lowest BCUT2D eigenvalue weighted by Crippen LogP contribution is -2.28. The monoisotopic (exact) mass is 273 g/mol. The molecule has 0 spiro atoms. The van der Waals surface area contributed by atoms with Crippen LogP contribution in [0.5, 0.6) is 0 Å². The van der Waals surface area contributed by atoms with Crippen molar-refractivity contribution in [2.24, 2.45) is 5.92 Å². The fourth-order valence-corrected chi connectivity index (χ4v) is 2.48. The zero-order chi connectivity index (χ0) is 14.0. The lowest BCUT2D eigenvalue weighted by atomic mass is 9.93. The van der Waals surface area contributed by atoms with Crippen molar-refractivity contribution in [2.45, 2.75) is 25.7 Å². The molecule has 0 unspecified atom stereocenters. The van der Waals surface area contributed by atoms with Crippen LogP contribution in [0.15, 0.2) is 30.6 Å². The Bertz CT molecular complexity index is 425. The molecule has 1 aliphatic heterocycles. The number of carbonyl (C=O) groups excluding carboxylic acids is 1. The summed E-state index contributed by atoms with van der Waals surface area (Å²) >= 11 is 0. The van der Waals surface area contributed by atoms with Crippen LogP contribution in [0.4, 0.5) is 0 Å². The second-order valence-corrected chi connectivity index (χ2v) is 5.25. The number of carbonyl (C=O) groups is 1. The van der Waals surface area contributed by atoms with Crippen molar-refractivity contribution in [3.05, 3.63) is 36.2 Å². The molecule has 1 aromatic heterocycles. The summed E-state index contributed by atoms with van der Waals surface area (Å²) in [6, 6.07) is 3.78. The van der Waals surface area contributed by atoms with E-state index in [4.69, 9.17) is 0 Å². The molecule has 1 fully saturated rings. The van der Waals surface area contributed by atoms with E-state index in [-0.39, 0.29) is 5.91 Å². The molecule has 108 valence electrons. The summed E-state index contributed by atoms with van der Waals surface area (Å²) in [5, 5.41) is 6.30. The van der Waals surface area contributed by atoms with Gasteiger partial charge in [0.25, 0.3) is 0 Å². The van der Waals surface area contributed by atoms with Gasteiger partial charge in [0.15, 0.2) is 0 Å². The molecule has 0 atom stereocenters. The van der Waals surface area contributed by atoms with Crippen LogP contribution in [-0.4, -0.2) is 30.5 Å². The normalized spacial score (nSPS) is 16.4. The summed E-state index contributed by atoms with van der Waals surface area (Å²) in [6.45, 7) is 3.05. The van der Waals surface area contributed by atoms with Gasteiger partial charge < -0.3 is 10.6 Å². The molecule has 1 aliphatic rings. The molecule has 0 aromatic carbocycles. The van der Waals surface area contributed by atoms with Gasteiger partial charge in [-0.15, -0.1) is 0 Å². The van der Waals surface area contributed by atoms with Crippen LogP contribution >= 0.6 is 0 Å². The molecular formula is C16H23N3O. The molecule has 0 aliphatic carbocycles. The van der Waals surface area contributed by atoms with E-state index in [0.717, 1.165) is 37.5 Å². The minimum Gasteiger partial charge on any atom is -0.353 e. The van der Waals surface area contributed by atoms with Gasteiger partial charge in [-0.05, 0) is 62.4 Å². The Morgan fingerprint density at radius 2 is 2.30 bits per heavy atom. The number of nitrogens with one attached hydrogen (secondary N) is 2. The Morgan fingerprint density at radius 1 is 1.45 bits per heavy atom. The first-order valence-electron chi connectivity index (χ1n) is 7.41. The fraction of sp³-hybridized carbons (Fsp3) is 0.500. The minimum absolute atomic E-state index is 0.0286. The van der Waals surface area contributed by atoms with E-state index in [1.807, 2.05) is 12.1 Å². The average Bonchev–Trinajstić information content (AvgIpc) is 2.52. The third kappa shape index (κ3) is 5.53. The SMILES string of the molecule is O=C(/C=C/c1cccnc1)NCCCC1CCNCC1. The van der Waals surface area contributed by atoms with E-state index in [1.165, 1.54) is 19.3 Å². The molecule has 2 N–H and O–H groups in total. The maximum atomic E-state index is 11.6. The second-order valence-electron chi connectivity index (χ2n) is 5.25. The van der Waals surface area contributed by atoms with Crippen molar-refractivity contribution in [1.82, 2.24) is 15.6 Å². The highest BCUT2D eigenvalue weighted by Gasteiger charge is 2.11. The molecule has 4 heteroatoms. The molecule has 0 radical (unpaired) electrons. The predicted octanol–water partition coefficient (Wildman–Crippen LogP) is 1.99. The Hall–Kier alpha value is -1.68. The lowest BCUT2D eigenvalue weighted by molar-refractivity contribution is -0.116. The average molecular weight is 273 g/mol. The fourth-order valence-electron chi connectivity index (χ4n) is 2.48. The first-order chi connectivity index (χ1) is 9.84. The number of piperidine rings is 1. The summed E-state index contributed by atoms with van der Waals surface area (Å²) in [5.74, 6) is 0.804. The molecule has 20 heavy (non-hydrogen) atoms. The maximum Gasteiger partial charge on any atom is 0.243 e. The quantitative estimate of drug-likeness (QED) is 0.615. The van der Waals surface area contributed by atoms with E-state index in [9.17, 15) is 4.79 Å². The second kappa shape index (κ2) is 8.48. The molecule has 1 amide bonds. The largest absolute Gasteiger partial charge is 0.353 e. The van der Waals surface area contributed by atoms with Gasteiger partial charge in [0, 0.05) is 25.0 Å². The van der Waals surface area contributed by atoms with E-state index >= 15 is 0 Å². The zero-order valence-corrected chi connectivity index (χ0v) is 11.8. The van der Waals surface area contributed by atoms with Crippen LogP contribution in [-0.2, 0) is 4.79 Å². The van der Waals surface area contributed by atoms with Crippen molar-refractivity contribution in [2.75, 3.05) is 19.6 Å². The number of nitrogens with zero attached hydrogens (tertiary/aromatic N) is 1.